The Balaban J connectivity index is 0.000000659. The van der Waals surface area contributed by atoms with Gasteiger partial charge in [0.25, 0.3) is 0 Å². The molecule has 2 rings (SSSR count). The lowest BCUT2D eigenvalue weighted by molar-refractivity contribution is 1.50. The van der Waals surface area contributed by atoms with Crippen LogP contribution in [0.3, 0.4) is 0 Å². The van der Waals surface area contributed by atoms with Crippen LogP contribution in [-0.2, 0) is 0 Å². The molecule has 18 heavy (non-hydrogen) atoms. The van der Waals surface area contributed by atoms with Crippen LogP contribution in [0.4, 0.5) is 0 Å². The van der Waals surface area contributed by atoms with Crippen LogP contribution in [0.25, 0.3) is 10.8 Å². The molecule has 100 valence electrons. The summed E-state index contributed by atoms with van der Waals surface area (Å²) in [6.45, 7) is 8.00. The molecule has 0 nitrogen and oxygen atoms in total. The van der Waals surface area contributed by atoms with Crippen molar-refractivity contribution < 1.29 is 0 Å². The van der Waals surface area contributed by atoms with Crippen molar-refractivity contribution in [2.24, 2.45) is 0 Å². The molecule has 0 radical (unpaired) electrons. The Morgan fingerprint density at radius 3 is 1.83 bits per heavy atom. The topological polar surface area (TPSA) is 0 Å². The van der Waals surface area contributed by atoms with Crippen LogP contribution in [0.2, 0.25) is 0 Å². The van der Waals surface area contributed by atoms with Crippen LogP contribution in [0.15, 0.2) is 47.4 Å². The van der Waals surface area contributed by atoms with Gasteiger partial charge in [-0.3, -0.25) is 0 Å². The highest BCUT2D eigenvalue weighted by Crippen LogP contribution is 2.34. The molecule has 2 aromatic rings. The van der Waals surface area contributed by atoms with Gasteiger partial charge in [-0.2, -0.15) is 9.21 Å². The minimum absolute atomic E-state index is 1.13. The molecule has 0 aliphatic heterocycles. The molecule has 0 atom stereocenters. The second kappa shape index (κ2) is 7.99. The second-order valence-corrected chi connectivity index (χ2v) is 6.74. The predicted octanol–water partition coefficient (Wildman–Crippen LogP) is 5.55. The van der Waals surface area contributed by atoms with Crippen molar-refractivity contribution >= 4 is 31.7 Å². The minimum atomic E-state index is -1.13. The average molecular weight is 262 g/mol. The Morgan fingerprint density at radius 1 is 0.778 bits per heavy atom. The summed E-state index contributed by atoms with van der Waals surface area (Å²) < 4.78 is 0. The summed E-state index contributed by atoms with van der Waals surface area (Å²) in [6.07, 6.45) is 2.12. The van der Waals surface area contributed by atoms with Crippen molar-refractivity contribution in [2.45, 2.75) is 32.6 Å². The summed E-state index contributed by atoms with van der Waals surface area (Å²) in [5.74, 6) is 8.33. The molecular formula is C17H26S. The van der Waals surface area contributed by atoms with E-state index in [4.69, 9.17) is 0 Å². The van der Waals surface area contributed by atoms with E-state index in [0.717, 1.165) is 0 Å². The summed E-state index contributed by atoms with van der Waals surface area (Å²) in [4.78, 5) is 1.29. The average Bonchev–Trinajstić information content (AvgIpc) is 2.41. The molecular weight excluding hydrogens is 236 g/mol. The van der Waals surface area contributed by atoms with Crippen LogP contribution in [-0.4, -0.2) is 18.0 Å². The number of hydrogen-bond acceptors (Lipinski definition) is 0. The van der Waals surface area contributed by atoms with Gasteiger partial charge in [0.2, 0.25) is 0 Å². The molecule has 0 bridgehead atoms. The smallest absolute Gasteiger partial charge is 0.00372 e. The van der Waals surface area contributed by atoms with Crippen LogP contribution < -0.4 is 0 Å². The maximum atomic E-state index is 4.16. The monoisotopic (exact) mass is 262 g/mol. The molecule has 2 aromatic carbocycles. The molecule has 0 spiro atoms. The minimum Gasteiger partial charge on any atom is -0.190 e. The first-order chi connectivity index (χ1) is 8.59. The molecule has 1 heteroatoms. The highest BCUT2D eigenvalue weighted by atomic mass is 32.2. The SMILES string of the molecule is C=S(=C)(C)c1cccc2ccccc12.CC.CC. The van der Waals surface area contributed by atoms with Crippen molar-refractivity contribution in [3.05, 3.63) is 42.5 Å². The highest BCUT2D eigenvalue weighted by molar-refractivity contribution is 8.27. The van der Waals surface area contributed by atoms with Gasteiger partial charge in [-0.05, 0) is 23.1 Å². The Morgan fingerprint density at radius 2 is 1.28 bits per heavy atom. The second-order valence-electron chi connectivity index (χ2n) is 3.75. The molecule has 0 amide bonds. The lowest BCUT2D eigenvalue weighted by Crippen LogP contribution is -1.81. The first-order valence-corrected chi connectivity index (χ1v) is 8.89. The fourth-order valence-corrected chi connectivity index (χ4v) is 2.75. The first-order valence-electron chi connectivity index (χ1n) is 6.51. The molecule has 0 fully saturated rings. The third-order valence-corrected chi connectivity index (χ3v) is 3.70. The summed E-state index contributed by atoms with van der Waals surface area (Å²) in [6, 6.07) is 14.7. The van der Waals surface area contributed by atoms with E-state index in [0.29, 0.717) is 0 Å². The fraction of sp³-hybridized carbons (Fsp3) is 0.294. The summed E-state index contributed by atoms with van der Waals surface area (Å²) in [5, 5.41) is 2.56. The quantitative estimate of drug-likeness (QED) is 0.591. The molecule has 0 saturated heterocycles. The first kappa shape index (κ1) is 16.8. The number of fused-ring (bicyclic) bond motifs is 1. The predicted molar refractivity (Wildman–Crippen MR) is 92.7 cm³/mol. The number of benzene rings is 2. The fourth-order valence-electron chi connectivity index (χ4n) is 1.63. The van der Waals surface area contributed by atoms with E-state index in [-0.39, 0.29) is 0 Å². The van der Waals surface area contributed by atoms with Gasteiger partial charge >= 0.3 is 0 Å². The van der Waals surface area contributed by atoms with E-state index in [1.54, 1.807) is 0 Å². The van der Waals surface area contributed by atoms with Gasteiger partial charge < -0.3 is 0 Å². The number of hydrogen-bond donors (Lipinski definition) is 0. The zero-order chi connectivity index (χ0) is 14.2. The van der Waals surface area contributed by atoms with E-state index in [1.165, 1.54) is 15.7 Å². The van der Waals surface area contributed by atoms with Gasteiger partial charge in [0.1, 0.15) is 0 Å². The van der Waals surface area contributed by atoms with E-state index < -0.39 is 9.21 Å². The maximum absolute atomic E-state index is 4.16. The van der Waals surface area contributed by atoms with Crippen molar-refractivity contribution in [1.82, 2.24) is 0 Å². The third-order valence-electron chi connectivity index (χ3n) is 2.28. The lowest BCUT2D eigenvalue weighted by Gasteiger charge is -2.11. The van der Waals surface area contributed by atoms with Crippen LogP contribution in [0.1, 0.15) is 27.7 Å². The standard InChI is InChI=1S/C13H14S.2C2H6/c1-14(2,3)13-10-6-8-11-7-4-5-9-12(11)13;2*1-2/h4-10H,1-2H2,3H3;2*1-2H3. The van der Waals surface area contributed by atoms with E-state index in [9.17, 15) is 0 Å². The van der Waals surface area contributed by atoms with Gasteiger partial charge in [0.15, 0.2) is 0 Å². The van der Waals surface area contributed by atoms with Crippen LogP contribution in [0.5, 0.6) is 0 Å². The van der Waals surface area contributed by atoms with Gasteiger partial charge in [0, 0.05) is 4.90 Å². The normalized spacial score (nSPS) is 9.83. The third kappa shape index (κ3) is 4.23. The largest absolute Gasteiger partial charge is 0.190 e. The van der Waals surface area contributed by atoms with Gasteiger partial charge in [0.05, 0.1) is 0 Å². The molecule has 0 aromatic heterocycles. The maximum Gasteiger partial charge on any atom is 0.00372 e. The van der Waals surface area contributed by atoms with Crippen molar-refractivity contribution in [2.75, 3.05) is 6.26 Å². The van der Waals surface area contributed by atoms with Crippen molar-refractivity contribution in [1.29, 1.82) is 0 Å². The summed E-state index contributed by atoms with van der Waals surface area (Å²) in [5.41, 5.74) is 0. The molecule has 0 heterocycles. The summed E-state index contributed by atoms with van der Waals surface area (Å²) in [7, 11) is -1.13. The molecule has 0 N–H and O–H groups in total. The van der Waals surface area contributed by atoms with E-state index in [2.05, 4.69) is 60.5 Å². The molecule has 0 aliphatic rings. The zero-order valence-electron chi connectivity index (χ0n) is 12.4. The number of rotatable bonds is 1. The Kier molecular flexibility index (Phi) is 7.45. The Hall–Kier alpha value is -1.21. The Labute approximate surface area is 113 Å². The molecule has 0 unspecified atom stereocenters. The lowest BCUT2D eigenvalue weighted by atomic mass is 10.1. The summed E-state index contributed by atoms with van der Waals surface area (Å²) >= 11 is 0. The van der Waals surface area contributed by atoms with E-state index >= 15 is 0 Å². The molecule has 0 aliphatic carbocycles. The zero-order valence-corrected chi connectivity index (χ0v) is 13.2. The van der Waals surface area contributed by atoms with Crippen molar-refractivity contribution in [3.8, 4) is 0 Å². The van der Waals surface area contributed by atoms with E-state index in [1.807, 2.05) is 27.7 Å². The van der Waals surface area contributed by atoms with Gasteiger partial charge in [-0.1, -0.05) is 75.8 Å². The van der Waals surface area contributed by atoms with Crippen LogP contribution >= 0.6 is 9.21 Å². The van der Waals surface area contributed by atoms with Gasteiger partial charge in [-0.25, -0.2) is 0 Å². The van der Waals surface area contributed by atoms with Gasteiger partial charge in [-0.15, -0.1) is 0 Å². The highest BCUT2D eigenvalue weighted by Gasteiger charge is 2.00. The molecule has 0 saturated carbocycles. The Bertz CT molecular complexity index is 558. The van der Waals surface area contributed by atoms with Crippen LogP contribution in [0, 0.1) is 0 Å². The van der Waals surface area contributed by atoms with Crippen molar-refractivity contribution in [3.63, 3.8) is 0 Å².